The molecule has 1 unspecified atom stereocenters. The highest BCUT2D eigenvalue weighted by molar-refractivity contribution is 6.04. The molecule has 1 atom stereocenters. The van der Waals surface area contributed by atoms with Gasteiger partial charge in [-0.2, -0.15) is 0 Å². The predicted octanol–water partition coefficient (Wildman–Crippen LogP) is 4.01. The SMILES string of the molecule is COCCCNC(=O)c1ccccc1NC(=O)C(C)Oc1cccc2ccccc12. The Hall–Kier alpha value is -3.38. The first-order chi connectivity index (χ1) is 14.6. The molecular formula is C24H26N2O4. The molecule has 0 saturated heterocycles. The topological polar surface area (TPSA) is 76.7 Å². The molecular weight excluding hydrogens is 380 g/mol. The van der Waals surface area contributed by atoms with Gasteiger partial charge in [0.05, 0.1) is 11.3 Å². The number of hydrogen-bond acceptors (Lipinski definition) is 4. The highest BCUT2D eigenvalue weighted by Crippen LogP contribution is 2.26. The largest absolute Gasteiger partial charge is 0.480 e. The van der Waals surface area contributed by atoms with Crippen LogP contribution >= 0.6 is 0 Å². The van der Waals surface area contributed by atoms with Gasteiger partial charge < -0.3 is 20.1 Å². The fourth-order valence-electron chi connectivity index (χ4n) is 3.08. The number of rotatable bonds is 9. The van der Waals surface area contributed by atoms with Crippen molar-refractivity contribution >= 4 is 28.3 Å². The maximum Gasteiger partial charge on any atom is 0.265 e. The van der Waals surface area contributed by atoms with Crippen molar-refractivity contribution in [1.29, 1.82) is 0 Å². The van der Waals surface area contributed by atoms with Crippen LogP contribution in [0, 0.1) is 0 Å². The number of para-hydroxylation sites is 1. The van der Waals surface area contributed by atoms with Gasteiger partial charge in [-0.15, -0.1) is 0 Å². The zero-order valence-corrected chi connectivity index (χ0v) is 17.2. The fourth-order valence-corrected chi connectivity index (χ4v) is 3.08. The summed E-state index contributed by atoms with van der Waals surface area (Å²) < 4.78 is 10.9. The lowest BCUT2D eigenvalue weighted by Crippen LogP contribution is -2.32. The van der Waals surface area contributed by atoms with Crippen molar-refractivity contribution in [2.45, 2.75) is 19.4 Å². The van der Waals surface area contributed by atoms with Gasteiger partial charge in [0.15, 0.2) is 6.10 Å². The van der Waals surface area contributed by atoms with E-state index >= 15 is 0 Å². The van der Waals surface area contributed by atoms with Crippen LogP contribution in [-0.4, -0.2) is 38.2 Å². The van der Waals surface area contributed by atoms with Crippen molar-refractivity contribution in [2.75, 3.05) is 25.6 Å². The van der Waals surface area contributed by atoms with Crippen molar-refractivity contribution in [2.24, 2.45) is 0 Å². The Labute approximate surface area is 176 Å². The third-order valence-electron chi connectivity index (χ3n) is 4.66. The number of ether oxygens (including phenoxy) is 2. The van der Waals surface area contributed by atoms with Gasteiger partial charge in [0, 0.05) is 25.6 Å². The van der Waals surface area contributed by atoms with E-state index in [4.69, 9.17) is 9.47 Å². The van der Waals surface area contributed by atoms with Crippen LogP contribution in [0.25, 0.3) is 10.8 Å². The molecule has 0 aliphatic rings. The summed E-state index contributed by atoms with van der Waals surface area (Å²) >= 11 is 0. The molecule has 0 saturated carbocycles. The summed E-state index contributed by atoms with van der Waals surface area (Å²) in [6, 6.07) is 20.5. The summed E-state index contributed by atoms with van der Waals surface area (Å²) in [4.78, 5) is 25.2. The third kappa shape index (κ3) is 5.36. The van der Waals surface area contributed by atoms with E-state index in [1.54, 1.807) is 38.3 Å². The summed E-state index contributed by atoms with van der Waals surface area (Å²) in [6.07, 6.45) is -0.0271. The Morgan fingerprint density at radius 3 is 2.53 bits per heavy atom. The summed E-state index contributed by atoms with van der Waals surface area (Å²) in [5, 5.41) is 7.63. The van der Waals surface area contributed by atoms with Gasteiger partial charge in [0.1, 0.15) is 5.75 Å². The summed E-state index contributed by atoms with van der Waals surface area (Å²) in [6.45, 7) is 2.75. The second-order valence-electron chi connectivity index (χ2n) is 6.87. The monoisotopic (exact) mass is 406 g/mol. The van der Waals surface area contributed by atoms with E-state index in [9.17, 15) is 9.59 Å². The van der Waals surface area contributed by atoms with Crippen molar-refractivity contribution in [3.8, 4) is 5.75 Å². The predicted molar refractivity (Wildman–Crippen MR) is 118 cm³/mol. The maximum absolute atomic E-state index is 12.7. The van der Waals surface area contributed by atoms with E-state index in [1.165, 1.54) is 0 Å². The summed E-state index contributed by atoms with van der Waals surface area (Å²) in [7, 11) is 1.62. The van der Waals surface area contributed by atoms with Gasteiger partial charge in [0.2, 0.25) is 0 Å². The third-order valence-corrected chi connectivity index (χ3v) is 4.66. The van der Waals surface area contributed by atoms with E-state index in [1.807, 2.05) is 42.5 Å². The van der Waals surface area contributed by atoms with Crippen LogP contribution in [0.1, 0.15) is 23.7 Å². The van der Waals surface area contributed by atoms with Crippen LogP contribution in [0.2, 0.25) is 0 Å². The number of fused-ring (bicyclic) bond motifs is 1. The average Bonchev–Trinajstić information content (AvgIpc) is 2.77. The van der Waals surface area contributed by atoms with Crippen LogP contribution in [0.4, 0.5) is 5.69 Å². The lowest BCUT2D eigenvalue weighted by atomic mass is 10.1. The smallest absolute Gasteiger partial charge is 0.265 e. The second-order valence-corrected chi connectivity index (χ2v) is 6.87. The van der Waals surface area contributed by atoms with E-state index in [-0.39, 0.29) is 11.8 Å². The number of nitrogens with one attached hydrogen (secondary N) is 2. The molecule has 6 nitrogen and oxygen atoms in total. The minimum absolute atomic E-state index is 0.246. The molecule has 0 fully saturated rings. The van der Waals surface area contributed by atoms with Gasteiger partial charge in [-0.1, -0.05) is 48.5 Å². The molecule has 0 aromatic heterocycles. The maximum atomic E-state index is 12.7. The van der Waals surface area contributed by atoms with Crippen LogP contribution in [0.3, 0.4) is 0 Å². The number of anilines is 1. The van der Waals surface area contributed by atoms with Crippen molar-refractivity contribution < 1.29 is 19.1 Å². The minimum Gasteiger partial charge on any atom is -0.480 e. The first kappa shape index (κ1) is 21.3. The van der Waals surface area contributed by atoms with Crippen molar-refractivity contribution in [1.82, 2.24) is 5.32 Å². The van der Waals surface area contributed by atoms with Crippen LogP contribution in [0.15, 0.2) is 66.7 Å². The molecule has 0 spiro atoms. The van der Waals surface area contributed by atoms with E-state index in [0.717, 1.165) is 10.8 Å². The Bertz CT molecular complexity index is 1010. The highest BCUT2D eigenvalue weighted by atomic mass is 16.5. The molecule has 0 aliphatic heterocycles. The van der Waals surface area contributed by atoms with Gasteiger partial charge in [-0.3, -0.25) is 9.59 Å². The highest BCUT2D eigenvalue weighted by Gasteiger charge is 2.19. The molecule has 3 aromatic rings. The van der Waals surface area contributed by atoms with Crippen LogP contribution < -0.4 is 15.4 Å². The minimum atomic E-state index is -0.742. The molecule has 156 valence electrons. The Kier molecular flexibility index (Phi) is 7.40. The van der Waals surface area contributed by atoms with Gasteiger partial charge in [-0.05, 0) is 36.9 Å². The van der Waals surface area contributed by atoms with Gasteiger partial charge >= 0.3 is 0 Å². The van der Waals surface area contributed by atoms with Crippen LogP contribution in [0.5, 0.6) is 5.75 Å². The molecule has 0 bridgehead atoms. The molecule has 30 heavy (non-hydrogen) atoms. The summed E-state index contributed by atoms with van der Waals surface area (Å²) in [5.74, 6) is 0.0621. The molecule has 3 aromatic carbocycles. The molecule has 2 N–H and O–H groups in total. The zero-order chi connectivity index (χ0) is 21.3. The Morgan fingerprint density at radius 2 is 1.70 bits per heavy atom. The molecule has 0 aliphatic carbocycles. The first-order valence-corrected chi connectivity index (χ1v) is 9.91. The Balaban J connectivity index is 1.67. The fraction of sp³-hybridized carbons (Fsp3) is 0.250. The zero-order valence-electron chi connectivity index (χ0n) is 17.2. The number of benzene rings is 3. The first-order valence-electron chi connectivity index (χ1n) is 9.91. The number of amides is 2. The summed E-state index contributed by atoms with van der Waals surface area (Å²) in [5.41, 5.74) is 0.848. The quantitative estimate of drug-likeness (QED) is 0.527. The Morgan fingerprint density at radius 1 is 0.967 bits per heavy atom. The van der Waals surface area contributed by atoms with Gasteiger partial charge in [-0.25, -0.2) is 0 Å². The second kappa shape index (κ2) is 10.4. The molecule has 0 heterocycles. The lowest BCUT2D eigenvalue weighted by Gasteiger charge is -2.17. The standard InChI is InChI=1S/C24H26N2O4/c1-17(30-22-14-7-10-18-9-3-4-11-19(18)22)23(27)26-21-13-6-5-12-20(21)24(28)25-15-8-16-29-2/h3-7,9-14,17H,8,15-16H2,1-2H3,(H,25,28)(H,26,27). The number of methoxy groups -OCH3 is 1. The normalized spacial score (nSPS) is 11.7. The number of carbonyl (C=O) groups is 2. The number of carbonyl (C=O) groups excluding carboxylic acids is 2. The average molecular weight is 406 g/mol. The van der Waals surface area contributed by atoms with Crippen LogP contribution in [-0.2, 0) is 9.53 Å². The van der Waals surface area contributed by atoms with Crippen molar-refractivity contribution in [3.05, 3.63) is 72.3 Å². The molecule has 3 rings (SSSR count). The number of hydrogen-bond donors (Lipinski definition) is 2. The molecule has 6 heteroatoms. The molecule has 0 radical (unpaired) electrons. The lowest BCUT2D eigenvalue weighted by molar-refractivity contribution is -0.122. The van der Waals surface area contributed by atoms with E-state index in [2.05, 4.69) is 10.6 Å². The van der Waals surface area contributed by atoms with Gasteiger partial charge in [0.25, 0.3) is 11.8 Å². The van der Waals surface area contributed by atoms with E-state index < -0.39 is 6.10 Å². The van der Waals surface area contributed by atoms with E-state index in [0.29, 0.717) is 36.6 Å². The molecule has 2 amide bonds. The van der Waals surface area contributed by atoms with Crippen molar-refractivity contribution in [3.63, 3.8) is 0 Å².